The first-order valence-corrected chi connectivity index (χ1v) is 7.60. The molecule has 0 fully saturated rings. The van der Waals surface area contributed by atoms with Gasteiger partial charge in [0.2, 0.25) is 0 Å². The summed E-state index contributed by atoms with van der Waals surface area (Å²) in [5, 5.41) is 13.7. The van der Waals surface area contributed by atoms with E-state index in [4.69, 9.17) is 0 Å². The third kappa shape index (κ3) is 2.90. The molecule has 0 saturated heterocycles. The smallest absolute Gasteiger partial charge is 0.265 e. The molecule has 0 bridgehead atoms. The van der Waals surface area contributed by atoms with E-state index in [1.54, 1.807) is 0 Å². The molecule has 2 N–H and O–H groups in total. The van der Waals surface area contributed by atoms with Crippen LogP contribution in [0.5, 0.6) is 5.75 Å². The largest absolute Gasteiger partial charge is 0.506 e. The minimum atomic E-state index is -0.218. The van der Waals surface area contributed by atoms with Crippen LogP contribution in [-0.4, -0.2) is 17.6 Å². The lowest BCUT2D eigenvalue weighted by Crippen LogP contribution is -2.24. The molecule has 0 atom stereocenters. The predicted molar refractivity (Wildman–Crippen MR) is 86.0 cm³/mol. The van der Waals surface area contributed by atoms with Crippen LogP contribution in [0.2, 0.25) is 0 Å². The fourth-order valence-electron chi connectivity index (χ4n) is 2.23. The van der Waals surface area contributed by atoms with Gasteiger partial charge in [0.05, 0.1) is 0 Å². The van der Waals surface area contributed by atoms with E-state index < -0.39 is 0 Å². The number of nitrogens with one attached hydrogen (secondary N) is 1. The first kappa shape index (κ1) is 13.6. The normalized spacial score (nSPS) is 10.7. The summed E-state index contributed by atoms with van der Waals surface area (Å²) < 4.78 is 0.920. The maximum absolute atomic E-state index is 12.2. The zero-order valence-electron chi connectivity index (χ0n) is 11.4. The summed E-state index contributed by atoms with van der Waals surface area (Å²) in [6, 6.07) is 17.5. The van der Waals surface area contributed by atoms with Crippen molar-refractivity contribution in [3.63, 3.8) is 0 Å². The van der Waals surface area contributed by atoms with Crippen molar-refractivity contribution in [2.45, 2.75) is 6.42 Å². The Bertz CT molecular complexity index is 765. The molecule has 3 nitrogen and oxygen atoms in total. The second kappa shape index (κ2) is 5.97. The molecule has 2 aromatic carbocycles. The number of fused-ring (bicyclic) bond motifs is 1. The molecule has 4 heteroatoms. The Balaban J connectivity index is 1.68. The van der Waals surface area contributed by atoms with Gasteiger partial charge in [-0.05, 0) is 24.1 Å². The van der Waals surface area contributed by atoms with Gasteiger partial charge in [-0.2, -0.15) is 0 Å². The van der Waals surface area contributed by atoms with Crippen molar-refractivity contribution < 1.29 is 9.90 Å². The summed E-state index contributed by atoms with van der Waals surface area (Å²) in [7, 11) is 0. The molecule has 21 heavy (non-hydrogen) atoms. The van der Waals surface area contributed by atoms with Crippen molar-refractivity contribution >= 4 is 27.3 Å². The van der Waals surface area contributed by atoms with Crippen LogP contribution in [0.25, 0.3) is 10.1 Å². The molecule has 0 saturated carbocycles. The fourth-order valence-corrected chi connectivity index (χ4v) is 3.24. The highest BCUT2D eigenvalue weighted by molar-refractivity contribution is 7.21. The Labute approximate surface area is 126 Å². The van der Waals surface area contributed by atoms with Gasteiger partial charge in [0.15, 0.2) is 0 Å². The van der Waals surface area contributed by atoms with Crippen LogP contribution in [-0.2, 0) is 6.42 Å². The van der Waals surface area contributed by atoms with Gasteiger partial charge in [-0.1, -0.05) is 42.5 Å². The van der Waals surface area contributed by atoms with Gasteiger partial charge in [0.25, 0.3) is 5.91 Å². The first-order chi connectivity index (χ1) is 10.3. The van der Waals surface area contributed by atoms with Crippen LogP contribution in [0.4, 0.5) is 0 Å². The number of carbonyl (C=O) groups excluding carboxylic acids is 1. The monoisotopic (exact) mass is 297 g/mol. The summed E-state index contributed by atoms with van der Waals surface area (Å²) in [6.45, 7) is 0.552. The molecule has 0 aliphatic heterocycles. The Hall–Kier alpha value is -2.33. The number of thiophene rings is 1. The van der Waals surface area contributed by atoms with Gasteiger partial charge in [0, 0.05) is 16.6 Å². The number of hydrogen-bond donors (Lipinski definition) is 2. The lowest BCUT2D eigenvalue weighted by atomic mass is 10.1. The minimum Gasteiger partial charge on any atom is -0.506 e. The number of hydrogen-bond acceptors (Lipinski definition) is 3. The second-order valence-corrected chi connectivity index (χ2v) is 5.82. The Kier molecular flexibility index (Phi) is 3.88. The predicted octanol–water partition coefficient (Wildman–Crippen LogP) is 3.58. The van der Waals surface area contributed by atoms with E-state index in [2.05, 4.69) is 5.32 Å². The topological polar surface area (TPSA) is 49.3 Å². The summed E-state index contributed by atoms with van der Waals surface area (Å²) in [5.74, 6) is -0.141. The van der Waals surface area contributed by atoms with E-state index >= 15 is 0 Å². The second-order valence-electron chi connectivity index (χ2n) is 4.77. The van der Waals surface area contributed by atoms with Crippen molar-refractivity contribution in [1.29, 1.82) is 0 Å². The van der Waals surface area contributed by atoms with Gasteiger partial charge in [-0.25, -0.2) is 0 Å². The number of amides is 1. The Morgan fingerprint density at radius 2 is 1.76 bits per heavy atom. The molecule has 1 amide bonds. The lowest BCUT2D eigenvalue weighted by Gasteiger charge is -2.04. The van der Waals surface area contributed by atoms with Crippen LogP contribution in [0, 0.1) is 0 Å². The number of benzene rings is 2. The van der Waals surface area contributed by atoms with E-state index in [-0.39, 0.29) is 11.7 Å². The lowest BCUT2D eigenvalue weighted by molar-refractivity contribution is 0.0956. The molecule has 3 rings (SSSR count). The van der Waals surface area contributed by atoms with Crippen LogP contribution in [0.3, 0.4) is 0 Å². The molecule has 3 aromatic rings. The molecule has 0 radical (unpaired) electrons. The molecule has 106 valence electrons. The van der Waals surface area contributed by atoms with Crippen molar-refractivity contribution in [1.82, 2.24) is 5.32 Å². The van der Waals surface area contributed by atoms with Crippen molar-refractivity contribution in [3.05, 3.63) is 65.0 Å². The average Bonchev–Trinajstić information content (AvgIpc) is 2.86. The van der Waals surface area contributed by atoms with E-state index in [9.17, 15) is 9.90 Å². The number of aromatic hydroxyl groups is 1. The first-order valence-electron chi connectivity index (χ1n) is 6.78. The van der Waals surface area contributed by atoms with Gasteiger partial charge >= 0.3 is 0 Å². The van der Waals surface area contributed by atoms with E-state index in [1.165, 1.54) is 16.9 Å². The zero-order valence-corrected chi connectivity index (χ0v) is 12.2. The molecular weight excluding hydrogens is 282 g/mol. The quantitative estimate of drug-likeness (QED) is 0.773. The Morgan fingerprint density at radius 3 is 2.52 bits per heavy atom. The molecule has 1 heterocycles. The SMILES string of the molecule is O=C(NCCc1ccccc1)c1sc2ccccc2c1O. The standard InChI is InChI=1S/C17H15NO2S/c19-15-13-8-4-5-9-14(13)21-16(15)17(20)18-11-10-12-6-2-1-3-7-12/h1-9,19H,10-11H2,(H,18,20). The van der Waals surface area contributed by atoms with E-state index in [0.717, 1.165) is 16.5 Å². The highest BCUT2D eigenvalue weighted by Gasteiger charge is 2.17. The van der Waals surface area contributed by atoms with Crippen LogP contribution in [0.15, 0.2) is 54.6 Å². The third-order valence-electron chi connectivity index (χ3n) is 3.32. The minimum absolute atomic E-state index is 0.0767. The highest BCUT2D eigenvalue weighted by atomic mass is 32.1. The third-order valence-corrected chi connectivity index (χ3v) is 4.48. The van der Waals surface area contributed by atoms with Crippen molar-refractivity contribution in [2.75, 3.05) is 6.54 Å². The molecule has 0 unspecified atom stereocenters. The maximum atomic E-state index is 12.2. The maximum Gasteiger partial charge on any atom is 0.265 e. The molecule has 0 spiro atoms. The van der Waals surface area contributed by atoms with Crippen LogP contribution < -0.4 is 5.32 Å². The van der Waals surface area contributed by atoms with Gasteiger partial charge in [-0.3, -0.25) is 4.79 Å². The van der Waals surface area contributed by atoms with Crippen molar-refractivity contribution in [3.8, 4) is 5.75 Å². The molecule has 0 aliphatic rings. The fraction of sp³-hybridized carbons (Fsp3) is 0.118. The summed E-state index contributed by atoms with van der Waals surface area (Å²) >= 11 is 1.32. The zero-order chi connectivity index (χ0) is 14.7. The van der Waals surface area contributed by atoms with E-state index in [1.807, 2.05) is 54.6 Å². The molecule has 0 aliphatic carbocycles. The van der Waals surface area contributed by atoms with Gasteiger partial charge in [-0.15, -0.1) is 11.3 Å². The summed E-state index contributed by atoms with van der Waals surface area (Å²) in [6.07, 6.45) is 0.776. The number of carbonyl (C=O) groups is 1. The van der Waals surface area contributed by atoms with Crippen LogP contribution in [0.1, 0.15) is 15.2 Å². The Morgan fingerprint density at radius 1 is 1.05 bits per heavy atom. The van der Waals surface area contributed by atoms with Gasteiger partial charge < -0.3 is 10.4 Å². The van der Waals surface area contributed by atoms with Gasteiger partial charge in [0.1, 0.15) is 10.6 Å². The summed E-state index contributed by atoms with van der Waals surface area (Å²) in [4.78, 5) is 12.5. The highest BCUT2D eigenvalue weighted by Crippen LogP contribution is 2.36. The number of rotatable bonds is 4. The summed E-state index contributed by atoms with van der Waals surface area (Å²) in [5.41, 5.74) is 1.18. The average molecular weight is 297 g/mol. The molecule has 1 aromatic heterocycles. The van der Waals surface area contributed by atoms with Crippen LogP contribution >= 0.6 is 11.3 Å². The van der Waals surface area contributed by atoms with Crippen molar-refractivity contribution in [2.24, 2.45) is 0 Å². The molecular formula is C17H15NO2S. The van der Waals surface area contributed by atoms with E-state index in [0.29, 0.717) is 11.4 Å².